The average molecular weight is 260 g/mol. The molecule has 0 saturated heterocycles. The molecule has 0 radical (unpaired) electrons. The number of aromatic nitrogens is 4. The Hall–Kier alpha value is -2.28. The van der Waals surface area contributed by atoms with E-state index >= 15 is 0 Å². The standard InChI is InChI=1S/C11H8N4O2S/c1-6-2-4-7(5-3-6)8-12-13-11-15(8)14-9(18-11)10(16)17/h2-5H,1H3,(H,16,17). The van der Waals surface area contributed by atoms with Gasteiger partial charge in [-0.1, -0.05) is 41.2 Å². The second-order valence-corrected chi connectivity index (χ2v) is 4.75. The first kappa shape index (κ1) is 10.8. The van der Waals surface area contributed by atoms with Crippen LogP contribution in [0.25, 0.3) is 16.3 Å². The van der Waals surface area contributed by atoms with Crippen LogP contribution < -0.4 is 0 Å². The maximum atomic E-state index is 10.8. The predicted octanol–water partition coefficient (Wildman–Crippen LogP) is 1.86. The van der Waals surface area contributed by atoms with Gasteiger partial charge in [0.05, 0.1) is 0 Å². The molecule has 1 N–H and O–H groups in total. The van der Waals surface area contributed by atoms with E-state index in [2.05, 4.69) is 15.3 Å². The van der Waals surface area contributed by atoms with Gasteiger partial charge in [0.2, 0.25) is 9.97 Å². The summed E-state index contributed by atoms with van der Waals surface area (Å²) in [4.78, 5) is 11.3. The minimum atomic E-state index is -1.06. The van der Waals surface area contributed by atoms with Crippen molar-refractivity contribution in [3.8, 4) is 11.4 Å². The second kappa shape index (κ2) is 3.88. The maximum absolute atomic E-state index is 10.8. The van der Waals surface area contributed by atoms with E-state index in [0.29, 0.717) is 10.8 Å². The van der Waals surface area contributed by atoms with Gasteiger partial charge in [-0.3, -0.25) is 0 Å². The Morgan fingerprint density at radius 2 is 2.00 bits per heavy atom. The molecule has 3 aromatic rings. The summed E-state index contributed by atoms with van der Waals surface area (Å²) >= 11 is 1.00. The molecule has 0 aliphatic heterocycles. The highest BCUT2D eigenvalue weighted by Crippen LogP contribution is 2.21. The summed E-state index contributed by atoms with van der Waals surface area (Å²) in [6.45, 7) is 1.99. The van der Waals surface area contributed by atoms with Crippen LogP contribution in [0.15, 0.2) is 24.3 Å². The van der Waals surface area contributed by atoms with Crippen LogP contribution in [-0.2, 0) is 0 Å². The first-order valence-corrected chi connectivity index (χ1v) is 5.99. The van der Waals surface area contributed by atoms with Gasteiger partial charge in [-0.05, 0) is 6.92 Å². The lowest BCUT2D eigenvalue weighted by molar-refractivity contribution is 0.0695. The fourth-order valence-corrected chi connectivity index (χ4v) is 2.26. The lowest BCUT2D eigenvalue weighted by Gasteiger charge is -1.97. The molecule has 0 bridgehead atoms. The summed E-state index contributed by atoms with van der Waals surface area (Å²) in [5.74, 6) is -0.505. The molecule has 0 aliphatic carbocycles. The van der Waals surface area contributed by atoms with Crippen molar-refractivity contribution in [2.45, 2.75) is 6.92 Å². The number of rotatable bonds is 2. The van der Waals surface area contributed by atoms with Gasteiger partial charge >= 0.3 is 5.97 Å². The Balaban J connectivity index is 2.17. The molecule has 1 aromatic carbocycles. The number of aromatic carboxylic acids is 1. The summed E-state index contributed by atoms with van der Waals surface area (Å²) in [5, 5.41) is 20.8. The molecule has 90 valence electrons. The molecule has 6 nitrogen and oxygen atoms in total. The van der Waals surface area contributed by atoms with Gasteiger partial charge in [-0.25, -0.2) is 4.79 Å². The minimum Gasteiger partial charge on any atom is -0.476 e. The van der Waals surface area contributed by atoms with E-state index in [4.69, 9.17) is 5.11 Å². The largest absolute Gasteiger partial charge is 0.476 e. The molecule has 0 saturated carbocycles. The third-order valence-electron chi connectivity index (χ3n) is 2.48. The van der Waals surface area contributed by atoms with Crippen molar-refractivity contribution in [1.82, 2.24) is 19.8 Å². The van der Waals surface area contributed by atoms with Crippen LogP contribution in [-0.4, -0.2) is 30.9 Å². The molecule has 7 heteroatoms. The minimum absolute atomic E-state index is 0.00765. The van der Waals surface area contributed by atoms with Gasteiger partial charge in [0.1, 0.15) is 0 Å². The Morgan fingerprint density at radius 3 is 2.67 bits per heavy atom. The molecule has 2 heterocycles. The van der Waals surface area contributed by atoms with Crippen molar-refractivity contribution in [2.75, 3.05) is 0 Å². The summed E-state index contributed by atoms with van der Waals surface area (Å²) in [5.41, 5.74) is 2.00. The molecule has 0 unspecified atom stereocenters. The van der Waals surface area contributed by atoms with Crippen LogP contribution in [0.4, 0.5) is 0 Å². The van der Waals surface area contributed by atoms with Crippen LogP contribution in [0.2, 0.25) is 0 Å². The van der Waals surface area contributed by atoms with Gasteiger partial charge in [0, 0.05) is 5.56 Å². The number of carbonyl (C=O) groups is 1. The van der Waals surface area contributed by atoms with Crippen molar-refractivity contribution >= 4 is 22.3 Å². The molecule has 2 aromatic heterocycles. The van der Waals surface area contributed by atoms with Gasteiger partial charge in [0.15, 0.2) is 5.82 Å². The number of benzene rings is 1. The van der Waals surface area contributed by atoms with E-state index in [1.165, 1.54) is 4.52 Å². The van der Waals surface area contributed by atoms with E-state index in [1.54, 1.807) is 0 Å². The SMILES string of the molecule is Cc1ccc(-c2nnc3sc(C(=O)O)nn23)cc1. The Bertz CT molecular complexity index is 729. The van der Waals surface area contributed by atoms with E-state index in [1.807, 2.05) is 31.2 Å². The smallest absolute Gasteiger partial charge is 0.367 e. The third kappa shape index (κ3) is 1.65. The van der Waals surface area contributed by atoms with Crippen molar-refractivity contribution in [3.05, 3.63) is 34.8 Å². The Morgan fingerprint density at radius 1 is 1.28 bits per heavy atom. The molecule has 0 amide bonds. The molecule has 18 heavy (non-hydrogen) atoms. The molecule has 0 spiro atoms. The molecular weight excluding hydrogens is 252 g/mol. The van der Waals surface area contributed by atoms with E-state index < -0.39 is 5.97 Å². The molecule has 3 rings (SSSR count). The van der Waals surface area contributed by atoms with Crippen LogP contribution >= 0.6 is 11.3 Å². The maximum Gasteiger partial charge on any atom is 0.367 e. The van der Waals surface area contributed by atoms with Crippen LogP contribution in [0, 0.1) is 6.92 Å². The van der Waals surface area contributed by atoms with Crippen LogP contribution in [0.1, 0.15) is 15.4 Å². The zero-order valence-corrected chi connectivity index (χ0v) is 10.2. The summed E-state index contributed by atoms with van der Waals surface area (Å²) in [6.07, 6.45) is 0. The molecule has 0 fully saturated rings. The summed E-state index contributed by atoms with van der Waals surface area (Å²) in [7, 11) is 0. The molecular formula is C11H8N4O2S. The molecule has 0 atom stereocenters. The van der Waals surface area contributed by atoms with Crippen LogP contribution in [0.3, 0.4) is 0 Å². The first-order chi connectivity index (χ1) is 8.65. The monoisotopic (exact) mass is 260 g/mol. The normalized spacial score (nSPS) is 10.9. The first-order valence-electron chi connectivity index (χ1n) is 5.18. The van der Waals surface area contributed by atoms with Gasteiger partial charge in [0.25, 0.3) is 0 Å². The lowest BCUT2D eigenvalue weighted by atomic mass is 10.1. The van der Waals surface area contributed by atoms with Crippen LogP contribution in [0.5, 0.6) is 0 Å². The van der Waals surface area contributed by atoms with E-state index in [-0.39, 0.29) is 5.01 Å². The Kier molecular flexibility index (Phi) is 2.34. The van der Waals surface area contributed by atoms with Gasteiger partial charge < -0.3 is 5.11 Å². The number of hydrogen-bond donors (Lipinski definition) is 1. The van der Waals surface area contributed by atoms with Crippen molar-refractivity contribution in [1.29, 1.82) is 0 Å². The Labute approximate surface area is 106 Å². The highest BCUT2D eigenvalue weighted by molar-refractivity contribution is 7.18. The van der Waals surface area contributed by atoms with Crippen molar-refractivity contribution in [2.24, 2.45) is 0 Å². The highest BCUT2D eigenvalue weighted by atomic mass is 32.1. The second-order valence-electron chi connectivity index (χ2n) is 3.80. The number of nitrogens with zero attached hydrogens (tertiary/aromatic N) is 4. The van der Waals surface area contributed by atoms with Crippen molar-refractivity contribution in [3.63, 3.8) is 0 Å². The zero-order chi connectivity index (χ0) is 12.7. The van der Waals surface area contributed by atoms with Crippen molar-refractivity contribution < 1.29 is 9.90 Å². The average Bonchev–Trinajstić information content (AvgIpc) is 2.89. The lowest BCUT2D eigenvalue weighted by Crippen LogP contribution is -1.98. The topological polar surface area (TPSA) is 80.4 Å². The quantitative estimate of drug-likeness (QED) is 0.760. The summed E-state index contributed by atoms with van der Waals surface area (Å²) in [6, 6.07) is 7.74. The fourth-order valence-electron chi connectivity index (χ4n) is 1.59. The number of hydrogen-bond acceptors (Lipinski definition) is 5. The number of fused-ring (bicyclic) bond motifs is 1. The third-order valence-corrected chi connectivity index (χ3v) is 3.37. The molecule has 0 aliphatic rings. The highest BCUT2D eigenvalue weighted by Gasteiger charge is 2.16. The zero-order valence-electron chi connectivity index (χ0n) is 9.36. The van der Waals surface area contributed by atoms with Gasteiger partial charge in [-0.15, -0.1) is 15.3 Å². The number of carboxylic acids is 1. The summed E-state index contributed by atoms with van der Waals surface area (Å²) < 4.78 is 1.46. The fraction of sp³-hybridized carbons (Fsp3) is 0.0909. The predicted molar refractivity (Wildman–Crippen MR) is 65.8 cm³/mol. The van der Waals surface area contributed by atoms with E-state index in [9.17, 15) is 4.79 Å². The number of carboxylic acid groups (broad SMARTS) is 1. The van der Waals surface area contributed by atoms with E-state index in [0.717, 1.165) is 22.5 Å². The van der Waals surface area contributed by atoms with Gasteiger partial charge in [-0.2, -0.15) is 4.52 Å². The number of aryl methyl sites for hydroxylation is 1.